The third-order valence-electron chi connectivity index (χ3n) is 3.46. The summed E-state index contributed by atoms with van der Waals surface area (Å²) in [6, 6.07) is 6.79. The maximum atomic E-state index is 11.3. The summed E-state index contributed by atoms with van der Waals surface area (Å²) in [5, 5.41) is 14.7. The molecule has 24 heavy (non-hydrogen) atoms. The molecule has 1 fully saturated rings. The smallest absolute Gasteiger partial charge is 0.353 e. The van der Waals surface area contributed by atoms with Crippen molar-refractivity contribution in [3.05, 3.63) is 39.4 Å². The number of nitrogens with zero attached hydrogens (tertiary/aromatic N) is 4. The molecule has 10 heteroatoms. The van der Waals surface area contributed by atoms with Crippen molar-refractivity contribution in [2.45, 2.75) is 0 Å². The van der Waals surface area contributed by atoms with Crippen LogP contribution in [0.25, 0.3) is 0 Å². The minimum atomic E-state index is -0.606. The first-order chi connectivity index (χ1) is 11.5. The molecule has 0 aliphatic carbocycles. The number of rotatable bonds is 4. The van der Waals surface area contributed by atoms with Crippen LogP contribution in [-0.4, -0.2) is 41.2 Å². The number of nitrogen functional groups attached to an aromatic ring is 1. The van der Waals surface area contributed by atoms with Gasteiger partial charge < -0.3 is 20.7 Å². The zero-order chi connectivity index (χ0) is 17.1. The number of nitro groups is 1. The molecule has 0 bridgehead atoms. The van der Waals surface area contributed by atoms with Crippen LogP contribution in [0.5, 0.6) is 0 Å². The summed E-state index contributed by atoms with van der Waals surface area (Å²) >= 11 is 5.94. The van der Waals surface area contributed by atoms with E-state index < -0.39 is 4.92 Å². The Hall–Kier alpha value is -2.65. The summed E-state index contributed by atoms with van der Waals surface area (Å²) in [5.41, 5.74) is 5.99. The topological polar surface area (TPSA) is 119 Å². The minimum absolute atomic E-state index is 0.0243. The van der Waals surface area contributed by atoms with Gasteiger partial charge in [0, 0.05) is 23.8 Å². The number of aromatic nitrogens is 2. The number of hydrogen-bond donors (Lipinski definition) is 2. The van der Waals surface area contributed by atoms with Gasteiger partial charge in [-0.3, -0.25) is 10.1 Å². The predicted octanol–water partition coefficient (Wildman–Crippen LogP) is 2.20. The van der Waals surface area contributed by atoms with Crippen molar-refractivity contribution in [3.8, 4) is 0 Å². The van der Waals surface area contributed by atoms with Gasteiger partial charge in [0.2, 0.25) is 17.6 Å². The van der Waals surface area contributed by atoms with Crippen molar-refractivity contribution in [3.63, 3.8) is 0 Å². The van der Waals surface area contributed by atoms with E-state index in [1.165, 1.54) is 0 Å². The number of nitrogens with two attached hydrogens (primary N) is 1. The van der Waals surface area contributed by atoms with E-state index in [-0.39, 0.29) is 17.3 Å². The van der Waals surface area contributed by atoms with Crippen molar-refractivity contribution in [1.29, 1.82) is 0 Å². The molecule has 3 rings (SSSR count). The largest absolute Gasteiger partial charge is 0.378 e. The monoisotopic (exact) mass is 350 g/mol. The second-order valence-corrected chi connectivity index (χ2v) is 5.53. The summed E-state index contributed by atoms with van der Waals surface area (Å²) in [6.07, 6.45) is 0. The number of benzene rings is 1. The van der Waals surface area contributed by atoms with E-state index in [1.54, 1.807) is 24.3 Å². The Bertz CT molecular complexity index is 766. The van der Waals surface area contributed by atoms with E-state index in [9.17, 15) is 10.1 Å². The van der Waals surface area contributed by atoms with Crippen LogP contribution >= 0.6 is 11.6 Å². The molecule has 0 unspecified atom stereocenters. The number of hydrogen-bond acceptors (Lipinski definition) is 8. The van der Waals surface area contributed by atoms with Gasteiger partial charge in [-0.15, -0.1) is 0 Å². The third-order valence-corrected chi connectivity index (χ3v) is 3.70. The van der Waals surface area contributed by atoms with Crippen LogP contribution in [0.3, 0.4) is 0 Å². The van der Waals surface area contributed by atoms with E-state index in [1.807, 2.05) is 4.90 Å². The summed E-state index contributed by atoms with van der Waals surface area (Å²) in [5.74, 6) is 0.156. The SMILES string of the molecule is Nc1nc(N2CCOCC2)nc(Nc2cccc(Cl)c2)c1[N+](=O)[O-]. The first-order valence-corrected chi connectivity index (χ1v) is 7.59. The van der Waals surface area contributed by atoms with Crippen molar-refractivity contribution in [2.24, 2.45) is 0 Å². The lowest BCUT2D eigenvalue weighted by molar-refractivity contribution is -0.383. The van der Waals surface area contributed by atoms with Crippen molar-refractivity contribution in [2.75, 3.05) is 42.3 Å². The molecule has 0 spiro atoms. The van der Waals surface area contributed by atoms with Crippen LogP contribution in [0.2, 0.25) is 5.02 Å². The van der Waals surface area contributed by atoms with Crippen LogP contribution in [0, 0.1) is 10.1 Å². The predicted molar refractivity (Wildman–Crippen MR) is 90.9 cm³/mol. The molecule has 1 aromatic carbocycles. The zero-order valence-corrected chi connectivity index (χ0v) is 13.4. The molecule has 2 heterocycles. The highest BCUT2D eigenvalue weighted by atomic mass is 35.5. The van der Waals surface area contributed by atoms with Gasteiger partial charge in [0.05, 0.1) is 18.1 Å². The van der Waals surface area contributed by atoms with Gasteiger partial charge in [-0.1, -0.05) is 17.7 Å². The highest BCUT2D eigenvalue weighted by molar-refractivity contribution is 6.30. The minimum Gasteiger partial charge on any atom is -0.378 e. The van der Waals surface area contributed by atoms with Crippen LogP contribution < -0.4 is 16.0 Å². The Labute approximate surface area is 142 Å². The fraction of sp³-hybridized carbons (Fsp3) is 0.286. The second kappa shape index (κ2) is 6.85. The average Bonchev–Trinajstić information content (AvgIpc) is 2.55. The molecule has 9 nitrogen and oxygen atoms in total. The lowest BCUT2D eigenvalue weighted by Gasteiger charge is -2.27. The molecular formula is C14H15ClN6O3. The summed E-state index contributed by atoms with van der Waals surface area (Å²) in [7, 11) is 0. The molecule has 0 saturated carbocycles. The molecule has 3 N–H and O–H groups in total. The molecule has 0 amide bonds. The van der Waals surface area contributed by atoms with Crippen molar-refractivity contribution < 1.29 is 9.66 Å². The number of anilines is 4. The molecule has 0 atom stereocenters. The lowest BCUT2D eigenvalue weighted by Crippen LogP contribution is -2.37. The zero-order valence-electron chi connectivity index (χ0n) is 12.6. The summed E-state index contributed by atoms with van der Waals surface area (Å²) in [4.78, 5) is 20.9. The Morgan fingerprint density at radius 3 is 2.75 bits per heavy atom. The number of nitrogens with one attached hydrogen (secondary N) is 1. The first-order valence-electron chi connectivity index (χ1n) is 7.22. The van der Waals surface area contributed by atoms with Crippen molar-refractivity contribution in [1.82, 2.24) is 9.97 Å². The molecule has 2 aromatic rings. The van der Waals surface area contributed by atoms with Gasteiger partial charge in [-0.25, -0.2) is 0 Å². The maximum Gasteiger partial charge on any atom is 0.353 e. The molecule has 1 aliphatic rings. The Balaban J connectivity index is 2.00. The summed E-state index contributed by atoms with van der Waals surface area (Å²) in [6.45, 7) is 2.26. The number of halogens is 1. The lowest BCUT2D eigenvalue weighted by atomic mass is 10.3. The third kappa shape index (κ3) is 3.47. The van der Waals surface area contributed by atoms with E-state index >= 15 is 0 Å². The van der Waals surface area contributed by atoms with E-state index in [4.69, 9.17) is 22.1 Å². The van der Waals surface area contributed by atoms with Crippen LogP contribution in [-0.2, 0) is 4.74 Å². The van der Waals surface area contributed by atoms with Gasteiger partial charge in [0.25, 0.3) is 0 Å². The van der Waals surface area contributed by atoms with Crippen LogP contribution in [0.1, 0.15) is 0 Å². The second-order valence-electron chi connectivity index (χ2n) is 5.10. The van der Waals surface area contributed by atoms with Gasteiger partial charge in [0.15, 0.2) is 0 Å². The van der Waals surface area contributed by atoms with E-state index in [0.717, 1.165) is 0 Å². The quantitative estimate of drug-likeness (QED) is 0.636. The van der Waals surface area contributed by atoms with Crippen molar-refractivity contribution >= 4 is 40.6 Å². The highest BCUT2D eigenvalue weighted by Crippen LogP contribution is 2.32. The Morgan fingerprint density at radius 2 is 2.08 bits per heavy atom. The fourth-order valence-corrected chi connectivity index (χ4v) is 2.53. The molecule has 126 valence electrons. The Kier molecular flexibility index (Phi) is 4.63. The average molecular weight is 351 g/mol. The number of morpholine rings is 1. The first kappa shape index (κ1) is 16.2. The van der Waals surface area contributed by atoms with Gasteiger partial charge >= 0.3 is 5.69 Å². The maximum absolute atomic E-state index is 11.3. The van der Waals surface area contributed by atoms with E-state index in [2.05, 4.69) is 15.3 Å². The fourth-order valence-electron chi connectivity index (χ4n) is 2.33. The van der Waals surface area contributed by atoms with E-state index in [0.29, 0.717) is 43.0 Å². The molecule has 1 aliphatic heterocycles. The van der Waals surface area contributed by atoms with Gasteiger partial charge in [-0.05, 0) is 18.2 Å². The molecule has 1 saturated heterocycles. The van der Waals surface area contributed by atoms with Gasteiger partial charge in [0.1, 0.15) is 0 Å². The number of ether oxygens (including phenoxy) is 1. The molecular weight excluding hydrogens is 336 g/mol. The normalized spacial score (nSPS) is 14.5. The molecule has 1 aromatic heterocycles. The summed E-state index contributed by atoms with van der Waals surface area (Å²) < 4.78 is 5.29. The Morgan fingerprint density at radius 1 is 1.33 bits per heavy atom. The van der Waals surface area contributed by atoms with Crippen LogP contribution in [0.4, 0.5) is 29.0 Å². The highest BCUT2D eigenvalue weighted by Gasteiger charge is 2.25. The van der Waals surface area contributed by atoms with Crippen LogP contribution in [0.15, 0.2) is 24.3 Å². The molecule has 0 radical (unpaired) electrons. The van der Waals surface area contributed by atoms with Gasteiger partial charge in [-0.2, -0.15) is 9.97 Å². The standard InChI is InChI=1S/C14H15ClN6O3/c15-9-2-1-3-10(8-9)17-13-11(21(22)23)12(16)18-14(19-13)20-4-6-24-7-5-20/h1-3,8H,4-7H2,(H3,16,17,18,19).